The Morgan fingerprint density at radius 2 is 1.63 bits per heavy atom. The fraction of sp³-hybridized carbons (Fsp3) is 0.310. The van der Waals surface area contributed by atoms with Crippen LogP contribution in [0.15, 0.2) is 65.6 Å². The second kappa shape index (κ2) is 14.3. The van der Waals surface area contributed by atoms with Crippen LogP contribution in [0.2, 0.25) is 15.1 Å². The van der Waals surface area contributed by atoms with Crippen molar-refractivity contribution < 1.29 is 22.7 Å². The van der Waals surface area contributed by atoms with Gasteiger partial charge in [-0.15, -0.1) is 0 Å². The summed E-state index contributed by atoms with van der Waals surface area (Å²) in [4.78, 5) is 28.4. The van der Waals surface area contributed by atoms with Crippen molar-refractivity contribution in [2.45, 2.75) is 44.7 Å². The molecule has 1 atom stereocenters. The number of carbonyl (C=O) groups excluding carboxylic acids is 2. The second-order valence-electron chi connectivity index (χ2n) is 9.22. The third-order valence-corrected chi connectivity index (χ3v) is 9.07. The van der Waals surface area contributed by atoms with Gasteiger partial charge in [-0.05, 0) is 68.3 Å². The maximum atomic E-state index is 14.1. The lowest BCUT2D eigenvalue weighted by molar-refractivity contribution is -0.140. The van der Waals surface area contributed by atoms with Crippen LogP contribution in [0.1, 0.15) is 31.4 Å². The van der Waals surface area contributed by atoms with Gasteiger partial charge < -0.3 is 15.0 Å². The lowest BCUT2D eigenvalue weighted by atomic mass is 10.1. The highest BCUT2D eigenvalue weighted by atomic mass is 35.5. The molecule has 0 aliphatic rings. The zero-order chi connectivity index (χ0) is 30.3. The lowest BCUT2D eigenvalue weighted by Crippen LogP contribution is -2.52. The molecule has 0 fully saturated rings. The Kier molecular flexibility index (Phi) is 11.3. The van der Waals surface area contributed by atoms with Crippen LogP contribution in [0.25, 0.3) is 0 Å². The lowest BCUT2D eigenvalue weighted by Gasteiger charge is -2.33. The number of benzene rings is 3. The number of aryl methyl sites for hydroxylation is 1. The van der Waals surface area contributed by atoms with E-state index in [0.29, 0.717) is 27.9 Å². The average Bonchev–Trinajstić information content (AvgIpc) is 2.93. The van der Waals surface area contributed by atoms with E-state index in [1.807, 2.05) is 6.92 Å². The van der Waals surface area contributed by atoms with Gasteiger partial charge in [0.25, 0.3) is 10.0 Å². The van der Waals surface area contributed by atoms with Crippen LogP contribution in [-0.2, 0) is 26.2 Å². The standard InChI is InChI=1S/C29H32Cl3N3O5S/c1-5-26(29(37)33-6-2)34(17-20-9-10-21(30)15-24(20)31)28(36)18-35(22-11-14-27(40-4)25(32)16-22)41(38,39)23-12-7-19(3)8-13-23/h7-16,26H,5-6,17-18H2,1-4H3,(H,33,37)/t26-/m1/s1. The molecular weight excluding hydrogens is 609 g/mol. The molecule has 0 heterocycles. The number of carbonyl (C=O) groups is 2. The summed E-state index contributed by atoms with van der Waals surface area (Å²) in [6.07, 6.45) is 0.280. The van der Waals surface area contributed by atoms with E-state index >= 15 is 0 Å². The van der Waals surface area contributed by atoms with Crippen molar-refractivity contribution >= 4 is 62.3 Å². The minimum absolute atomic E-state index is 0.00842. The topological polar surface area (TPSA) is 96.0 Å². The summed E-state index contributed by atoms with van der Waals surface area (Å²) in [6, 6.07) is 14.7. The van der Waals surface area contributed by atoms with Crippen molar-refractivity contribution in [3.63, 3.8) is 0 Å². The van der Waals surface area contributed by atoms with Crippen LogP contribution in [0.3, 0.4) is 0 Å². The van der Waals surface area contributed by atoms with Crippen LogP contribution >= 0.6 is 34.8 Å². The number of nitrogens with one attached hydrogen (secondary N) is 1. The quantitative estimate of drug-likeness (QED) is 0.258. The average molecular weight is 641 g/mol. The van der Waals surface area contributed by atoms with Crippen molar-refractivity contribution in [3.8, 4) is 5.75 Å². The Morgan fingerprint density at radius 1 is 0.951 bits per heavy atom. The number of nitrogens with zero attached hydrogens (tertiary/aromatic N) is 2. The zero-order valence-electron chi connectivity index (χ0n) is 23.2. The predicted octanol–water partition coefficient (Wildman–Crippen LogP) is 6.10. The Morgan fingerprint density at radius 3 is 2.20 bits per heavy atom. The molecule has 0 saturated carbocycles. The molecule has 12 heteroatoms. The van der Waals surface area contributed by atoms with Crippen LogP contribution in [0.5, 0.6) is 5.75 Å². The van der Waals surface area contributed by atoms with Crippen molar-refractivity contribution in [2.24, 2.45) is 0 Å². The second-order valence-corrected chi connectivity index (χ2v) is 12.3. The van der Waals surface area contributed by atoms with Crippen LogP contribution in [0.4, 0.5) is 5.69 Å². The van der Waals surface area contributed by atoms with Crippen LogP contribution in [0, 0.1) is 6.92 Å². The van der Waals surface area contributed by atoms with Gasteiger partial charge in [0.1, 0.15) is 18.3 Å². The van der Waals surface area contributed by atoms with E-state index in [9.17, 15) is 18.0 Å². The molecule has 0 radical (unpaired) electrons. The van der Waals surface area contributed by atoms with Gasteiger partial charge in [-0.2, -0.15) is 0 Å². The summed E-state index contributed by atoms with van der Waals surface area (Å²) in [5, 5.41) is 3.65. The maximum Gasteiger partial charge on any atom is 0.264 e. The number of sulfonamides is 1. The molecule has 3 aromatic carbocycles. The summed E-state index contributed by atoms with van der Waals surface area (Å²) in [7, 11) is -2.80. The van der Waals surface area contributed by atoms with Gasteiger partial charge in [0.2, 0.25) is 11.8 Å². The van der Waals surface area contributed by atoms with E-state index in [2.05, 4.69) is 5.32 Å². The number of rotatable bonds is 12. The van der Waals surface area contributed by atoms with E-state index in [1.54, 1.807) is 44.2 Å². The van der Waals surface area contributed by atoms with Gasteiger partial charge in [0.05, 0.1) is 22.7 Å². The highest BCUT2D eigenvalue weighted by molar-refractivity contribution is 7.92. The Balaban J connectivity index is 2.11. The molecule has 3 rings (SSSR count). The maximum absolute atomic E-state index is 14.1. The molecule has 3 aromatic rings. The number of amides is 2. The van der Waals surface area contributed by atoms with Crippen molar-refractivity contribution in [1.29, 1.82) is 0 Å². The molecule has 0 unspecified atom stereocenters. The summed E-state index contributed by atoms with van der Waals surface area (Å²) in [6.45, 7) is 5.08. The van der Waals surface area contributed by atoms with Gasteiger partial charge in [-0.25, -0.2) is 8.42 Å². The van der Waals surface area contributed by atoms with Gasteiger partial charge in [0, 0.05) is 23.1 Å². The van der Waals surface area contributed by atoms with Gasteiger partial charge in [-0.3, -0.25) is 13.9 Å². The van der Waals surface area contributed by atoms with E-state index in [4.69, 9.17) is 39.5 Å². The molecule has 2 amide bonds. The minimum Gasteiger partial charge on any atom is -0.495 e. The van der Waals surface area contributed by atoms with Crippen LogP contribution in [-0.4, -0.2) is 51.4 Å². The number of methoxy groups -OCH3 is 1. The molecule has 220 valence electrons. The normalized spacial score (nSPS) is 12.0. The van der Waals surface area contributed by atoms with Crippen molar-refractivity contribution in [2.75, 3.05) is 24.5 Å². The molecule has 0 spiro atoms. The zero-order valence-corrected chi connectivity index (χ0v) is 26.2. The first-order valence-electron chi connectivity index (χ1n) is 12.9. The number of anilines is 1. The van der Waals surface area contributed by atoms with E-state index < -0.39 is 28.5 Å². The fourth-order valence-electron chi connectivity index (χ4n) is 4.22. The van der Waals surface area contributed by atoms with Gasteiger partial charge in [0.15, 0.2) is 0 Å². The number of halogens is 3. The van der Waals surface area contributed by atoms with E-state index in [0.717, 1.165) is 9.87 Å². The third kappa shape index (κ3) is 7.86. The molecule has 0 saturated heterocycles. The SMILES string of the molecule is CCNC(=O)[C@@H](CC)N(Cc1ccc(Cl)cc1Cl)C(=O)CN(c1ccc(OC)c(Cl)c1)S(=O)(=O)c1ccc(C)cc1. The van der Waals surface area contributed by atoms with Gasteiger partial charge in [-0.1, -0.05) is 65.5 Å². The molecular formula is C29H32Cl3N3O5S. The van der Waals surface area contributed by atoms with Crippen molar-refractivity contribution in [1.82, 2.24) is 10.2 Å². The van der Waals surface area contributed by atoms with E-state index in [-0.39, 0.29) is 34.5 Å². The molecule has 41 heavy (non-hydrogen) atoms. The first-order valence-corrected chi connectivity index (χ1v) is 15.4. The number of likely N-dealkylation sites (N-methyl/N-ethyl adjacent to an activating group) is 1. The predicted molar refractivity (Wildman–Crippen MR) is 163 cm³/mol. The smallest absolute Gasteiger partial charge is 0.264 e. The Labute approximate surface area is 256 Å². The Hall–Kier alpha value is -2.98. The van der Waals surface area contributed by atoms with Gasteiger partial charge >= 0.3 is 0 Å². The molecule has 0 aliphatic carbocycles. The highest BCUT2D eigenvalue weighted by Gasteiger charge is 2.34. The third-order valence-electron chi connectivity index (χ3n) is 6.40. The number of ether oxygens (including phenoxy) is 1. The molecule has 0 aliphatic heterocycles. The summed E-state index contributed by atoms with van der Waals surface area (Å²) >= 11 is 18.8. The number of hydrogen-bond acceptors (Lipinski definition) is 5. The first-order chi connectivity index (χ1) is 19.4. The Bertz CT molecular complexity index is 1500. The minimum atomic E-state index is -4.24. The molecule has 8 nitrogen and oxygen atoms in total. The molecule has 1 N–H and O–H groups in total. The largest absolute Gasteiger partial charge is 0.495 e. The molecule has 0 aromatic heterocycles. The highest BCUT2D eigenvalue weighted by Crippen LogP contribution is 2.32. The summed E-state index contributed by atoms with van der Waals surface area (Å²) < 4.78 is 34.1. The summed E-state index contributed by atoms with van der Waals surface area (Å²) in [5.41, 5.74) is 1.57. The first kappa shape index (κ1) is 32.5. The number of hydrogen-bond donors (Lipinski definition) is 1. The van der Waals surface area contributed by atoms with Crippen LogP contribution < -0.4 is 14.4 Å². The van der Waals surface area contributed by atoms with Crippen molar-refractivity contribution in [3.05, 3.63) is 86.9 Å². The fourth-order valence-corrected chi connectivity index (χ4v) is 6.35. The summed E-state index contributed by atoms with van der Waals surface area (Å²) in [5.74, 6) is -0.638. The molecule has 0 bridgehead atoms. The van der Waals surface area contributed by atoms with E-state index in [1.165, 1.54) is 42.3 Å². The monoisotopic (exact) mass is 639 g/mol.